The molecule has 0 bridgehead atoms. The van der Waals surface area contributed by atoms with Gasteiger partial charge in [0.2, 0.25) is 5.91 Å². The summed E-state index contributed by atoms with van der Waals surface area (Å²) in [6, 6.07) is 20.1. The van der Waals surface area contributed by atoms with Crippen LogP contribution in [0.5, 0.6) is 0 Å². The summed E-state index contributed by atoms with van der Waals surface area (Å²) in [7, 11) is 0. The fourth-order valence-corrected chi connectivity index (χ4v) is 2.57. The monoisotopic (exact) mass is 340 g/mol. The smallest absolute Gasteiger partial charge is 0.317 e. The van der Waals surface area contributed by atoms with Gasteiger partial charge in [0, 0.05) is 13.1 Å². The number of amides is 1. The zero-order valence-corrected chi connectivity index (χ0v) is 14.2. The fraction of sp³-hybridized carbons (Fsp3) is 0.300. The Morgan fingerprint density at radius 1 is 0.800 bits per heavy atom. The Balaban J connectivity index is 1.91. The van der Waals surface area contributed by atoms with Gasteiger partial charge in [-0.25, -0.2) is 0 Å². The number of carbonyl (C=O) groups is 2. The quantitative estimate of drug-likeness (QED) is 0.694. The molecule has 2 N–H and O–H groups in total. The fourth-order valence-electron chi connectivity index (χ4n) is 2.57. The lowest BCUT2D eigenvalue weighted by atomic mass is 10.1. The minimum atomic E-state index is -0.965. The van der Waals surface area contributed by atoms with E-state index in [1.54, 1.807) is 4.90 Å². The predicted molar refractivity (Wildman–Crippen MR) is 97.4 cm³/mol. The van der Waals surface area contributed by atoms with Crippen molar-refractivity contribution >= 4 is 11.9 Å². The van der Waals surface area contributed by atoms with Gasteiger partial charge in [-0.05, 0) is 24.0 Å². The second-order valence-corrected chi connectivity index (χ2v) is 5.85. The van der Waals surface area contributed by atoms with Crippen molar-refractivity contribution in [3.05, 3.63) is 71.8 Å². The summed E-state index contributed by atoms with van der Waals surface area (Å²) in [6.07, 6.45) is 1.56. The molecule has 0 heterocycles. The summed E-state index contributed by atoms with van der Waals surface area (Å²) in [6.45, 7) is 1.06. The van der Waals surface area contributed by atoms with Crippen LogP contribution in [0.3, 0.4) is 0 Å². The largest absolute Gasteiger partial charge is 0.480 e. The van der Waals surface area contributed by atoms with Crippen LogP contribution in [0, 0.1) is 0 Å². The second-order valence-electron chi connectivity index (χ2n) is 5.85. The van der Waals surface area contributed by atoms with Crippen molar-refractivity contribution in [1.29, 1.82) is 0 Å². The minimum absolute atomic E-state index is 0.0376. The number of hydrogen-bond donors (Lipinski definition) is 2. The van der Waals surface area contributed by atoms with E-state index in [1.807, 2.05) is 60.7 Å². The molecule has 2 aromatic carbocycles. The van der Waals surface area contributed by atoms with E-state index in [0.717, 1.165) is 12.8 Å². The highest BCUT2D eigenvalue weighted by Crippen LogP contribution is 2.05. The number of rotatable bonds is 10. The normalized spacial score (nSPS) is 10.4. The van der Waals surface area contributed by atoms with Crippen molar-refractivity contribution in [2.24, 2.45) is 0 Å². The molecule has 0 atom stereocenters. The average molecular weight is 340 g/mol. The van der Waals surface area contributed by atoms with Crippen molar-refractivity contribution in [2.45, 2.75) is 12.8 Å². The first-order chi connectivity index (χ1) is 12.1. The molecule has 1 amide bonds. The number of hydrogen-bond acceptors (Lipinski definition) is 3. The van der Waals surface area contributed by atoms with E-state index in [-0.39, 0.29) is 19.0 Å². The minimum Gasteiger partial charge on any atom is -0.480 e. The van der Waals surface area contributed by atoms with Crippen molar-refractivity contribution < 1.29 is 14.7 Å². The third-order valence-corrected chi connectivity index (χ3v) is 3.93. The zero-order valence-electron chi connectivity index (χ0n) is 14.2. The average Bonchev–Trinajstić information content (AvgIpc) is 2.63. The van der Waals surface area contributed by atoms with Crippen molar-refractivity contribution in [1.82, 2.24) is 10.2 Å². The van der Waals surface area contributed by atoms with Crippen molar-refractivity contribution in [3.8, 4) is 0 Å². The first-order valence-electron chi connectivity index (χ1n) is 8.43. The molecule has 2 rings (SSSR count). The number of carbonyl (C=O) groups excluding carboxylic acids is 1. The van der Waals surface area contributed by atoms with Gasteiger partial charge in [-0.2, -0.15) is 0 Å². The highest BCUT2D eigenvalue weighted by molar-refractivity contribution is 5.79. The van der Waals surface area contributed by atoms with Crippen molar-refractivity contribution in [2.75, 3.05) is 26.2 Å². The molecule has 0 saturated heterocycles. The van der Waals surface area contributed by atoms with Crippen LogP contribution < -0.4 is 5.32 Å². The summed E-state index contributed by atoms with van der Waals surface area (Å²) in [4.78, 5) is 24.8. The molecule has 0 radical (unpaired) electrons. The van der Waals surface area contributed by atoms with Crippen LogP contribution in [-0.2, 0) is 22.4 Å². The number of nitrogens with one attached hydrogen (secondary N) is 1. The highest BCUT2D eigenvalue weighted by atomic mass is 16.4. The first-order valence-corrected chi connectivity index (χ1v) is 8.43. The van der Waals surface area contributed by atoms with Gasteiger partial charge in [-0.3, -0.25) is 14.9 Å². The molecule has 2 aromatic rings. The number of aliphatic carboxylic acids is 1. The maximum atomic E-state index is 12.4. The lowest BCUT2D eigenvalue weighted by molar-refractivity contribution is -0.136. The highest BCUT2D eigenvalue weighted by Gasteiger charge is 2.13. The molecule has 0 unspecified atom stereocenters. The Bertz CT molecular complexity index is 616. The van der Waals surface area contributed by atoms with Gasteiger partial charge < -0.3 is 10.0 Å². The van der Waals surface area contributed by atoms with Gasteiger partial charge in [0.15, 0.2) is 0 Å². The summed E-state index contributed by atoms with van der Waals surface area (Å²) < 4.78 is 0. The van der Waals surface area contributed by atoms with Crippen LogP contribution in [0.15, 0.2) is 60.7 Å². The maximum Gasteiger partial charge on any atom is 0.317 e. The molecular formula is C20H24N2O3. The van der Waals surface area contributed by atoms with Crippen LogP contribution in [0.25, 0.3) is 0 Å². The van der Waals surface area contributed by atoms with Gasteiger partial charge in [-0.1, -0.05) is 60.7 Å². The Morgan fingerprint density at radius 2 is 1.28 bits per heavy atom. The summed E-state index contributed by atoms with van der Waals surface area (Å²) >= 11 is 0. The van der Waals surface area contributed by atoms with Crippen molar-refractivity contribution in [3.63, 3.8) is 0 Å². The Hall–Kier alpha value is -2.66. The van der Waals surface area contributed by atoms with Crippen LogP contribution in [-0.4, -0.2) is 48.1 Å². The van der Waals surface area contributed by atoms with Gasteiger partial charge >= 0.3 is 5.97 Å². The van der Waals surface area contributed by atoms with E-state index < -0.39 is 5.97 Å². The van der Waals surface area contributed by atoms with Crippen LogP contribution >= 0.6 is 0 Å². The third kappa shape index (κ3) is 7.18. The maximum absolute atomic E-state index is 12.4. The SMILES string of the molecule is O=C(O)CNCC(=O)N(CCc1ccccc1)CCc1ccccc1. The van der Waals surface area contributed by atoms with E-state index in [9.17, 15) is 9.59 Å². The summed E-state index contributed by atoms with van der Waals surface area (Å²) in [5.41, 5.74) is 2.36. The molecule has 25 heavy (non-hydrogen) atoms. The molecule has 0 aromatic heterocycles. The van der Waals surface area contributed by atoms with Crippen LogP contribution in [0.1, 0.15) is 11.1 Å². The summed E-state index contributed by atoms with van der Waals surface area (Å²) in [5, 5.41) is 11.4. The predicted octanol–water partition coefficient (Wildman–Crippen LogP) is 1.97. The molecule has 0 aliphatic carbocycles. The Morgan fingerprint density at radius 3 is 1.72 bits per heavy atom. The van der Waals surface area contributed by atoms with Gasteiger partial charge in [0.05, 0.1) is 13.1 Å². The van der Waals surface area contributed by atoms with E-state index in [0.29, 0.717) is 13.1 Å². The Kier molecular flexibility index (Phi) is 7.66. The third-order valence-electron chi connectivity index (χ3n) is 3.93. The van der Waals surface area contributed by atoms with Gasteiger partial charge in [0.1, 0.15) is 0 Å². The molecule has 132 valence electrons. The molecular weight excluding hydrogens is 316 g/mol. The zero-order chi connectivity index (χ0) is 17.9. The number of nitrogens with zero attached hydrogens (tertiary/aromatic N) is 1. The van der Waals surface area contributed by atoms with Gasteiger partial charge in [-0.15, -0.1) is 0 Å². The topological polar surface area (TPSA) is 69.6 Å². The molecule has 0 aliphatic rings. The second kappa shape index (κ2) is 10.3. The van der Waals surface area contributed by atoms with Gasteiger partial charge in [0.25, 0.3) is 0 Å². The molecule has 0 aliphatic heterocycles. The molecule has 5 heteroatoms. The van der Waals surface area contributed by atoms with E-state index >= 15 is 0 Å². The Labute approximate surface area is 148 Å². The molecule has 0 spiro atoms. The number of benzene rings is 2. The van der Waals surface area contributed by atoms with Crippen LogP contribution in [0.2, 0.25) is 0 Å². The number of carboxylic acid groups (broad SMARTS) is 1. The summed E-state index contributed by atoms with van der Waals surface area (Å²) in [5.74, 6) is -1.04. The number of carboxylic acids is 1. The van der Waals surface area contributed by atoms with E-state index in [1.165, 1.54) is 11.1 Å². The van der Waals surface area contributed by atoms with Crippen LogP contribution in [0.4, 0.5) is 0 Å². The van der Waals surface area contributed by atoms with E-state index in [4.69, 9.17) is 5.11 Å². The molecule has 5 nitrogen and oxygen atoms in total. The molecule has 0 fully saturated rings. The standard InChI is InChI=1S/C20H24N2O3/c23-19(15-21-16-20(24)25)22(13-11-17-7-3-1-4-8-17)14-12-18-9-5-2-6-10-18/h1-10,21H,11-16H2,(H,24,25). The molecule has 0 saturated carbocycles. The van der Waals surface area contributed by atoms with E-state index in [2.05, 4.69) is 5.32 Å². The lowest BCUT2D eigenvalue weighted by Gasteiger charge is -2.23. The lowest BCUT2D eigenvalue weighted by Crippen LogP contribution is -2.41. The first kappa shape index (κ1) is 18.7.